The first-order valence-corrected chi connectivity index (χ1v) is 3.05. The number of aryl methyl sites for hydroxylation is 1. The van der Waals surface area contributed by atoms with Gasteiger partial charge in [0.2, 0.25) is 0 Å². The Morgan fingerprint density at radius 3 is 2.80 bits per heavy atom. The Kier molecular flexibility index (Phi) is 1.97. The lowest BCUT2D eigenvalue weighted by atomic mass is 10.2. The second-order valence-electron chi connectivity index (χ2n) is 2.06. The van der Waals surface area contributed by atoms with Crippen LogP contribution in [0.4, 0.5) is 4.39 Å². The Morgan fingerprint density at radius 1 is 1.70 bits per heavy atom. The van der Waals surface area contributed by atoms with Gasteiger partial charge in [-0.2, -0.15) is 0 Å². The molecule has 2 N–H and O–H groups in total. The first-order chi connectivity index (χ1) is 4.75. The summed E-state index contributed by atoms with van der Waals surface area (Å²) in [5.41, 5.74) is 6.44. The number of hydrogen-bond donors (Lipinski definition) is 1. The molecule has 0 aromatic carbocycles. The van der Waals surface area contributed by atoms with Crippen LogP contribution in [-0.4, -0.2) is 4.98 Å². The van der Waals surface area contributed by atoms with Crippen LogP contribution in [0.5, 0.6) is 0 Å². The molecule has 2 nitrogen and oxygen atoms in total. The summed E-state index contributed by atoms with van der Waals surface area (Å²) in [5.74, 6) is -0.269. The van der Waals surface area contributed by atoms with E-state index in [9.17, 15) is 4.39 Å². The first-order valence-electron chi connectivity index (χ1n) is 3.05. The van der Waals surface area contributed by atoms with Gasteiger partial charge in [-0.1, -0.05) is 0 Å². The fraction of sp³-hybridized carbons (Fsp3) is 0.286. The van der Waals surface area contributed by atoms with E-state index in [0.29, 0.717) is 11.3 Å². The van der Waals surface area contributed by atoms with E-state index in [-0.39, 0.29) is 12.4 Å². The van der Waals surface area contributed by atoms with Crippen LogP contribution in [0, 0.1) is 12.7 Å². The van der Waals surface area contributed by atoms with Gasteiger partial charge in [0.25, 0.3) is 0 Å². The van der Waals surface area contributed by atoms with E-state index in [1.54, 1.807) is 6.92 Å². The molecule has 0 amide bonds. The maximum Gasteiger partial charge on any atom is 0.131 e. The second-order valence-corrected chi connectivity index (χ2v) is 2.06. The number of pyridine rings is 1. The van der Waals surface area contributed by atoms with Crippen molar-refractivity contribution in [1.29, 1.82) is 0 Å². The molecule has 54 valence electrons. The Morgan fingerprint density at radius 2 is 2.40 bits per heavy atom. The molecule has 1 heterocycles. The maximum atomic E-state index is 12.7. The SMILES string of the molecule is Cc1nccc(F)c1CN. The molecule has 0 bridgehead atoms. The van der Waals surface area contributed by atoms with Gasteiger partial charge in [-0.05, 0) is 13.0 Å². The summed E-state index contributed by atoms with van der Waals surface area (Å²) < 4.78 is 12.7. The molecular weight excluding hydrogens is 131 g/mol. The van der Waals surface area contributed by atoms with Gasteiger partial charge in [0.05, 0.1) is 0 Å². The molecule has 3 heteroatoms. The topological polar surface area (TPSA) is 38.9 Å². The van der Waals surface area contributed by atoms with Crippen molar-refractivity contribution in [1.82, 2.24) is 4.98 Å². The molecule has 0 aliphatic carbocycles. The molecule has 0 saturated heterocycles. The van der Waals surface area contributed by atoms with Crippen LogP contribution in [-0.2, 0) is 6.54 Å². The predicted molar refractivity (Wildman–Crippen MR) is 36.8 cm³/mol. The third-order valence-corrected chi connectivity index (χ3v) is 1.42. The van der Waals surface area contributed by atoms with Crippen molar-refractivity contribution in [3.63, 3.8) is 0 Å². The van der Waals surface area contributed by atoms with Crippen LogP contribution in [0.25, 0.3) is 0 Å². The zero-order valence-electron chi connectivity index (χ0n) is 5.76. The molecular formula is C7H9FN2. The summed E-state index contributed by atoms with van der Waals surface area (Å²) in [6.07, 6.45) is 1.43. The maximum absolute atomic E-state index is 12.7. The predicted octanol–water partition coefficient (Wildman–Crippen LogP) is 0.988. The van der Waals surface area contributed by atoms with Crippen molar-refractivity contribution in [3.05, 3.63) is 29.3 Å². The molecule has 0 aliphatic rings. The largest absolute Gasteiger partial charge is 0.326 e. The highest BCUT2D eigenvalue weighted by Gasteiger charge is 2.01. The molecule has 1 aromatic heterocycles. The van der Waals surface area contributed by atoms with E-state index in [1.807, 2.05) is 0 Å². The van der Waals surface area contributed by atoms with Crippen LogP contribution in [0.1, 0.15) is 11.3 Å². The Bertz CT molecular complexity index is 215. The number of hydrogen-bond acceptors (Lipinski definition) is 2. The monoisotopic (exact) mass is 140 g/mol. The van der Waals surface area contributed by atoms with E-state index in [0.717, 1.165) is 0 Å². The van der Waals surface area contributed by atoms with Crippen LogP contribution >= 0.6 is 0 Å². The van der Waals surface area contributed by atoms with Crippen molar-refractivity contribution < 1.29 is 4.39 Å². The highest BCUT2D eigenvalue weighted by Crippen LogP contribution is 2.07. The van der Waals surface area contributed by atoms with Gasteiger partial charge in [0, 0.05) is 24.0 Å². The summed E-state index contributed by atoms with van der Waals surface area (Å²) in [5, 5.41) is 0. The van der Waals surface area contributed by atoms with E-state index in [4.69, 9.17) is 5.73 Å². The Labute approximate surface area is 58.9 Å². The van der Waals surface area contributed by atoms with Gasteiger partial charge in [-0.25, -0.2) is 4.39 Å². The highest BCUT2D eigenvalue weighted by atomic mass is 19.1. The average molecular weight is 140 g/mol. The number of aromatic nitrogens is 1. The molecule has 0 atom stereocenters. The molecule has 0 aliphatic heterocycles. The molecule has 0 radical (unpaired) electrons. The van der Waals surface area contributed by atoms with Crippen molar-refractivity contribution in [2.24, 2.45) is 5.73 Å². The third-order valence-electron chi connectivity index (χ3n) is 1.42. The minimum atomic E-state index is -0.269. The van der Waals surface area contributed by atoms with Crippen LogP contribution in [0.2, 0.25) is 0 Å². The minimum Gasteiger partial charge on any atom is -0.326 e. The molecule has 0 spiro atoms. The van der Waals surface area contributed by atoms with Crippen molar-refractivity contribution in [2.75, 3.05) is 0 Å². The number of rotatable bonds is 1. The van der Waals surface area contributed by atoms with E-state index in [2.05, 4.69) is 4.98 Å². The second kappa shape index (κ2) is 2.75. The zero-order valence-corrected chi connectivity index (χ0v) is 5.76. The van der Waals surface area contributed by atoms with Gasteiger partial charge in [0.1, 0.15) is 5.82 Å². The minimum absolute atomic E-state index is 0.214. The molecule has 0 saturated carbocycles. The normalized spacial score (nSPS) is 9.90. The molecule has 0 unspecified atom stereocenters. The van der Waals surface area contributed by atoms with E-state index >= 15 is 0 Å². The van der Waals surface area contributed by atoms with Crippen LogP contribution in [0.15, 0.2) is 12.3 Å². The molecule has 1 aromatic rings. The van der Waals surface area contributed by atoms with Crippen molar-refractivity contribution >= 4 is 0 Å². The number of halogens is 1. The lowest BCUT2D eigenvalue weighted by Gasteiger charge is -2.00. The Balaban J connectivity index is 3.17. The highest BCUT2D eigenvalue weighted by molar-refractivity contribution is 5.19. The summed E-state index contributed by atoms with van der Waals surface area (Å²) >= 11 is 0. The lowest BCUT2D eigenvalue weighted by Crippen LogP contribution is -2.03. The Hall–Kier alpha value is -0.960. The first kappa shape index (κ1) is 7.15. The average Bonchev–Trinajstić information content (AvgIpc) is 1.88. The van der Waals surface area contributed by atoms with E-state index < -0.39 is 0 Å². The molecule has 10 heavy (non-hydrogen) atoms. The molecule has 1 rings (SSSR count). The van der Waals surface area contributed by atoms with Gasteiger partial charge in [0.15, 0.2) is 0 Å². The standard InChI is InChI=1S/C7H9FN2/c1-5-6(4-9)7(8)2-3-10-5/h2-3H,4,9H2,1H3. The fourth-order valence-electron chi connectivity index (χ4n) is 0.811. The number of nitrogens with two attached hydrogens (primary N) is 1. The quantitative estimate of drug-likeness (QED) is 0.631. The van der Waals surface area contributed by atoms with E-state index in [1.165, 1.54) is 12.3 Å². The smallest absolute Gasteiger partial charge is 0.131 e. The van der Waals surface area contributed by atoms with Crippen LogP contribution < -0.4 is 5.73 Å². The van der Waals surface area contributed by atoms with Gasteiger partial charge in [-0.3, -0.25) is 4.98 Å². The summed E-state index contributed by atoms with van der Waals surface area (Å²) in [7, 11) is 0. The van der Waals surface area contributed by atoms with Crippen molar-refractivity contribution in [2.45, 2.75) is 13.5 Å². The fourth-order valence-corrected chi connectivity index (χ4v) is 0.811. The summed E-state index contributed by atoms with van der Waals surface area (Å²) in [6, 6.07) is 1.31. The van der Waals surface area contributed by atoms with Gasteiger partial charge < -0.3 is 5.73 Å². The zero-order chi connectivity index (χ0) is 7.56. The lowest BCUT2D eigenvalue weighted by molar-refractivity contribution is 0.605. The van der Waals surface area contributed by atoms with Gasteiger partial charge >= 0.3 is 0 Å². The van der Waals surface area contributed by atoms with Crippen LogP contribution in [0.3, 0.4) is 0 Å². The third kappa shape index (κ3) is 1.14. The summed E-state index contributed by atoms with van der Waals surface area (Å²) in [4.78, 5) is 3.89. The van der Waals surface area contributed by atoms with Crippen molar-refractivity contribution in [3.8, 4) is 0 Å². The summed E-state index contributed by atoms with van der Waals surface area (Å²) in [6.45, 7) is 1.96. The number of nitrogens with zero attached hydrogens (tertiary/aromatic N) is 1. The molecule has 0 fully saturated rings. The van der Waals surface area contributed by atoms with Gasteiger partial charge in [-0.15, -0.1) is 0 Å².